The lowest BCUT2D eigenvalue weighted by molar-refractivity contribution is 0.328. The Hall–Kier alpha value is -1.76. The van der Waals surface area contributed by atoms with Crippen LogP contribution in [0.25, 0.3) is 0 Å². The maximum Gasteiger partial charge on any atom is 0.261 e. The maximum absolute atomic E-state index is 12.2. The number of nitrogens with one attached hydrogen (secondary N) is 1. The number of ether oxygens (including phenoxy) is 1. The maximum atomic E-state index is 12.2. The van der Waals surface area contributed by atoms with Crippen LogP contribution in [0.15, 0.2) is 53.4 Å². The number of sulfonamides is 1. The Morgan fingerprint density at radius 1 is 1.14 bits per heavy atom. The smallest absolute Gasteiger partial charge is 0.261 e. The molecule has 0 amide bonds. The van der Waals surface area contributed by atoms with Gasteiger partial charge in [0.25, 0.3) is 10.0 Å². The van der Waals surface area contributed by atoms with Gasteiger partial charge in [0.2, 0.25) is 0 Å². The molecule has 0 heterocycles. The molecule has 3 N–H and O–H groups in total. The highest BCUT2D eigenvalue weighted by Gasteiger charge is 2.14. The highest BCUT2D eigenvalue weighted by atomic mass is 35.5. The van der Waals surface area contributed by atoms with E-state index in [1.54, 1.807) is 36.4 Å². The van der Waals surface area contributed by atoms with Crippen molar-refractivity contribution in [3.63, 3.8) is 0 Å². The molecule has 0 atom stereocenters. The molecule has 0 aromatic heterocycles. The molecule has 21 heavy (non-hydrogen) atoms. The predicted molar refractivity (Wildman–Crippen MR) is 83.3 cm³/mol. The summed E-state index contributed by atoms with van der Waals surface area (Å²) in [5.74, 6) is 0.631. The molecule has 2 rings (SSSR count). The average Bonchev–Trinajstić information content (AvgIpc) is 2.46. The molecular weight excluding hydrogens is 312 g/mol. The third-order valence-electron chi connectivity index (χ3n) is 2.60. The molecule has 0 spiro atoms. The van der Waals surface area contributed by atoms with Crippen molar-refractivity contribution >= 4 is 27.3 Å². The molecule has 5 nitrogen and oxygen atoms in total. The second-order valence-corrected chi connectivity index (χ2v) is 6.34. The molecule has 2 aromatic rings. The number of halogens is 1. The van der Waals surface area contributed by atoms with Crippen LogP contribution in [0.5, 0.6) is 5.75 Å². The van der Waals surface area contributed by atoms with E-state index in [2.05, 4.69) is 4.72 Å². The lowest BCUT2D eigenvalue weighted by atomic mass is 10.3. The van der Waals surface area contributed by atoms with Crippen molar-refractivity contribution in [3.05, 3.63) is 53.6 Å². The van der Waals surface area contributed by atoms with Gasteiger partial charge in [0.05, 0.1) is 4.90 Å². The Balaban J connectivity index is 2.13. The second-order valence-electron chi connectivity index (χ2n) is 4.22. The first-order valence-corrected chi connectivity index (χ1v) is 8.09. The standard InChI is InChI=1S/C14H15ClN2O3S/c15-11-2-1-3-14(10-11)21(18,19)17-12-4-6-13(7-5-12)20-9-8-16/h1-7,10,17H,8-9,16H2. The molecule has 2 aromatic carbocycles. The van der Waals surface area contributed by atoms with Gasteiger partial charge in [-0.05, 0) is 42.5 Å². The van der Waals surface area contributed by atoms with Crippen LogP contribution in [0.3, 0.4) is 0 Å². The molecule has 0 radical (unpaired) electrons. The fourth-order valence-electron chi connectivity index (χ4n) is 1.64. The summed E-state index contributed by atoms with van der Waals surface area (Å²) in [5, 5.41) is 0.364. The Kier molecular flexibility index (Phi) is 5.06. The summed E-state index contributed by atoms with van der Waals surface area (Å²) in [6, 6.07) is 12.7. The van der Waals surface area contributed by atoms with Gasteiger partial charge in [0, 0.05) is 17.3 Å². The zero-order chi connectivity index (χ0) is 15.3. The average molecular weight is 327 g/mol. The van der Waals surface area contributed by atoms with Crippen molar-refractivity contribution in [1.29, 1.82) is 0 Å². The third kappa shape index (κ3) is 4.35. The lowest BCUT2D eigenvalue weighted by Crippen LogP contribution is -2.13. The molecule has 0 aliphatic rings. The van der Waals surface area contributed by atoms with E-state index in [0.29, 0.717) is 29.6 Å². The fraction of sp³-hybridized carbons (Fsp3) is 0.143. The van der Waals surface area contributed by atoms with E-state index in [1.165, 1.54) is 12.1 Å². The Labute approximate surface area is 128 Å². The Morgan fingerprint density at radius 2 is 1.86 bits per heavy atom. The van der Waals surface area contributed by atoms with Crippen molar-refractivity contribution in [3.8, 4) is 5.75 Å². The van der Waals surface area contributed by atoms with Crippen molar-refractivity contribution < 1.29 is 13.2 Å². The van der Waals surface area contributed by atoms with Crippen molar-refractivity contribution in [1.82, 2.24) is 0 Å². The number of rotatable bonds is 6. The van der Waals surface area contributed by atoms with Gasteiger partial charge in [-0.1, -0.05) is 17.7 Å². The highest BCUT2D eigenvalue weighted by Crippen LogP contribution is 2.21. The van der Waals surface area contributed by atoms with Gasteiger partial charge in [0.15, 0.2) is 0 Å². The minimum atomic E-state index is -3.66. The molecule has 7 heteroatoms. The first-order chi connectivity index (χ1) is 10.0. The van der Waals surface area contributed by atoms with Crippen LogP contribution >= 0.6 is 11.6 Å². The Morgan fingerprint density at radius 3 is 2.48 bits per heavy atom. The molecule has 112 valence electrons. The van der Waals surface area contributed by atoms with Gasteiger partial charge in [-0.15, -0.1) is 0 Å². The zero-order valence-corrected chi connectivity index (χ0v) is 12.7. The molecule has 0 saturated heterocycles. The number of hydrogen-bond acceptors (Lipinski definition) is 4. The number of hydrogen-bond donors (Lipinski definition) is 2. The number of anilines is 1. The van der Waals surface area contributed by atoms with Crippen LogP contribution < -0.4 is 15.2 Å². The van der Waals surface area contributed by atoms with E-state index in [0.717, 1.165) is 0 Å². The molecule has 0 fully saturated rings. The summed E-state index contributed by atoms with van der Waals surface area (Å²) in [5.41, 5.74) is 5.78. The van der Waals surface area contributed by atoms with Gasteiger partial charge < -0.3 is 10.5 Å². The highest BCUT2D eigenvalue weighted by molar-refractivity contribution is 7.92. The van der Waals surface area contributed by atoms with E-state index in [-0.39, 0.29) is 4.90 Å². The van der Waals surface area contributed by atoms with Crippen LogP contribution in [0.2, 0.25) is 5.02 Å². The fourth-order valence-corrected chi connectivity index (χ4v) is 3.00. The van der Waals surface area contributed by atoms with Crippen LogP contribution in [-0.4, -0.2) is 21.6 Å². The lowest BCUT2D eigenvalue weighted by Gasteiger charge is -2.09. The van der Waals surface area contributed by atoms with Gasteiger partial charge >= 0.3 is 0 Å². The summed E-state index contributed by atoms with van der Waals surface area (Å²) in [4.78, 5) is 0.110. The van der Waals surface area contributed by atoms with Gasteiger partial charge in [-0.2, -0.15) is 0 Å². The van der Waals surface area contributed by atoms with E-state index < -0.39 is 10.0 Å². The first kappa shape index (κ1) is 15.6. The monoisotopic (exact) mass is 326 g/mol. The third-order valence-corrected chi connectivity index (χ3v) is 4.21. The molecule has 0 aliphatic carbocycles. The summed E-state index contributed by atoms with van der Waals surface area (Å²) < 4.78 is 32.2. The van der Waals surface area contributed by atoms with E-state index in [9.17, 15) is 8.42 Å². The molecular formula is C14H15ClN2O3S. The predicted octanol–water partition coefficient (Wildman–Crippen LogP) is 2.48. The summed E-state index contributed by atoms with van der Waals surface area (Å²) in [6.07, 6.45) is 0. The molecule has 0 bridgehead atoms. The van der Waals surface area contributed by atoms with E-state index in [1.807, 2.05) is 0 Å². The molecule has 0 unspecified atom stereocenters. The largest absolute Gasteiger partial charge is 0.492 e. The summed E-state index contributed by atoms with van der Waals surface area (Å²) >= 11 is 5.80. The van der Waals surface area contributed by atoms with Crippen LogP contribution in [0, 0.1) is 0 Å². The quantitative estimate of drug-likeness (QED) is 0.854. The van der Waals surface area contributed by atoms with E-state index >= 15 is 0 Å². The SMILES string of the molecule is NCCOc1ccc(NS(=O)(=O)c2cccc(Cl)c2)cc1. The molecule has 0 saturated carbocycles. The van der Waals surface area contributed by atoms with Crippen LogP contribution in [-0.2, 0) is 10.0 Å². The van der Waals surface area contributed by atoms with Gasteiger partial charge in [0.1, 0.15) is 12.4 Å². The van der Waals surface area contributed by atoms with Crippen LogP contribution in [0.1, 0.15) is 0 Å². The van der Waals surface area contributed by atoms with Crippen molar-refractivity contribution in [2.75, 3.05) is 17.9 Å². The zero-order valence-electron chi connectivity index (χ0n) is 11.1. The van der Waals surface area contributed by atoms with E-state index in [4.69, 9.17) is 22.1 Å². The van der Waals surface area contributed by atoms with Crippen molar-refractivity contribution in [2.45, 2.75) is 4.90 Å². The first-order valence-electron chi connectivity index (χ1n) is 6.22. The van der Waals surface area contributed by atoms with Gasteiger partial charge in [-0.25, -0.2) is 8.42 Å². The topological polar surface area (TPSA) is 81.4 Å². The molecule has 0 aliphatic heterocycles. The second kappa shape index (κ2) is 6.80. The summed E-state index contributed by atoms with van der Waals surface area (Å²) in [7, 11) is -3.66. The normalized spacial score (nSPS) is 11.1. The van der Waals surface area contributed by atoms with Crippen LogP contribution in [0.4, 0.5) is 5.69 Å². The van der Waals surface area contributed by atoms with Crippen molar-refractivity contribution in [2.24, 2.45) is 5.73 Å². The Bertz CT molecular complexity index is 702. The number of nitrogens with two attached hydrogens (primary N) is 1. The minimum Gasteiger partial charge on any atom is -0.492 e. The summed E-state index contributed by atoms with van der Waals surface area (Å²) in [6.45, 7) is 0.830. The number of benzene rings is 2. The minimum absolute atomic E-state index is 0.110. The van der Waals surface area contributed by atoms with Gasteiger partial charge in [-0.3, -0.25) is 4.72 Å².